The number of carbonyl (C=O) groups is 1. The number of hydrogen-bond donors (Lipinski definition) is 1. The molecular formula is C17H23NO2S. The Morgan fingerprint density at radius 3 is 2.81 bits per heavy atom. The maximum atomic E-state index is 10.9. The summed E-state index contributed by atoms with van der Waals surface area (Å²) in [6, 6.07) is 6.87. The van der Waals surface area contributed by atoms with Gasteiger partial charge in [0.05, 0.1) is 10.8 Å². The summed E-state index contributed by atoms with van der Waals surface area (Å²) in [6.45, 7) is 6.45. The lowest BCUT2D eigenvalue weighted by molar-refractivity contribution is -0.133. The molecule has 0 bridgehead atoms. The summed E-state index contributed by atoms with van der Waals surface area (Å²) >= 11 is 1.42. The van der Waals surface area contributed by atoms with Crippen molar-refractivity contribution in [2.75, 3.05) is 10.7 Å². The number of carboxylic acids is 1. The molecule has 0 radical (unpaired) electrons. The summed E-state index contributed by atoms with van der Waals surface area (Å²) in [5.74, 6) is -0.655. The minimum Gasteiger partial charge on any atom is -0.481 e. The predicted molar refractivity (Wildman–Crippen MR) is 89.9 cm³/mol. The van der Waals surface area contributed by atoms with Crippen molar-refractivity contribution < 1.29 is 9.90 Å². The van der Waals surface area contributed by atoms with Crippen LogP contribution in [-0.2, 0) is 4.79 Å². The zero-order chi connectivity index (χ0) is 15.4. The first-order chi connectivity index (χ1) is 9.99. The lowest BCUT2D eigenvalue weighted by atomic mass is 10.1. The molecular weight excluding hydrogens is 282 g/mol. The highest BCUT2D eigenvalue weighted by Gasteiger charge is 2.22. The second-order valence-electron chi connectivity index (χ2n) is 5.64. The molecule has 4 heteroatoms. The number of carboxylic acid groups (broad SMARTS) is 1. The van der Waals surface area contributed by atoms with Gasteiger partial charge in [0, 0.05) is 11.7 Å². The van der Waals surface area contributed by atoms with Gasteiger partial charge in [0.15, 0.2) is 0 Å². The Hall–Kier alpha value is -1.42. The van der Waals surface area contributed by atoms with Gasteiger partial charge in [-0.25, -0.2) is 0 Å². The molecule has 0 amide bonds. The van der Waals surface area contributed by atoms with E-state index in [9.17, 15) is 4.79 Å². The molecule has 1 aliphatic heterocycles. The molecule has 3 nitrogen and oxygen atoms in total. The highest BCUT2D eigenvalue weighted by molar-refractivity contribution is 8.03. The molecule has 1 unspecified atom stereocenters. The van der Waals surface area contributed by atoms with Gasteiger partial charge >= 0.3 is 5.97 Å². The molecule has 0 saturated heterocycles. The minimum atomic E-state index is -0.766. The first-order valence-electron chi connectivity index (χ1n) is 7.40. The van der Waals surface area contributed by atoms with Gasteiger partial charge in [-0.1, -0.05) is 23.9 Å². The molecule has 1 aromatic carbocycles. The molecule has 1 heterocycles. The Labute approximate surface area is 131 Å². The zero-order valence-corrected chi connectivity index (χ0v) is 13.7. The van der Waals surface area contributed by atoms with Gasteiger partial charge in [0.1, 0.15) is 0 Å². The number of aryl methyl sites for hydroxylation is 2. The highest BCUT2D eigenvalue weighted by Crippen LogP contribution is 2.34. The zero-order valence-electron chi connectivity index (χ0n) is 12.9. The molecule has 0 aliphatic carbocycles. The third-order valence-corrected chi connectivity index (χ3v) is 4.99. The van der Waals surface area contributed by atoms with E-state index < -0.39 is 5.97 Å². The van der Waals surface area contributed by atoms with Crippen molar-refractivity contribution in [2.45, 2.75) is 46.1 Å². The van der Waals surface area contributed by atoms with Crippen molar-refractivity contribution in [3.05, 3.63) is 40.4 Å². The third-order valence-electron chi connectivity index (χ3n) is 3.94. The van der Waals surface area contributed by atoms with Crippen LogP contribution in [0, 0.1) is 13.8 Å². The number of benzene rings is 1. The SMILES string of the molecule is Cc1ccc(N2C(SCC(=O)O)=CCCCC2C)cc1C. The second-order valence-corrected chi connectivity index (χ2v) is 6.64. The number of rotatable bonds is 4. The van der Waals surface area contributed by atoms with E-state index in [1.54, 1.807) is 0 Å². The fourth-order valence-corrected chi connectivity index (χ4v) is 3.54. The Kier molecular flexibility index (Phi) is 5.34. The van der Waals surface area contributed by atoms with Gasteiger partial charge in [-0.15, -0.1) is 0 Å². The number of aliphatic carboxylic acids is 1. The maximum Gasteiger partial charge on any atom is 0.313 e. The van der Waals surface area contributed by atoms with Crippen LogP contribution in [0.5, 0.6) is 0 Å². The molecule has 21 heavy (non-hydrogen) atoms. The van der Waals surface area contributed by atoms with E-state index in [1.807, 2.05) is 0 Å². The van der Waals surface area contributed by atoms with Crippen molar-refractivity contribution in [1.29, 1.82) is 0 Å². The van der Waals surface area contributed by atoms with Crippen molar-refractivity contribution in [3.63, 3.8) is 0 Å². The van der Waals surface area contributed by atoms with Crippen LogP contribution in [0.25, 0.3) is 0 Å². The molecule has 1 aliphatic rings. The fraction of sp³-hybridized carbons (Fsp3) is 0.471. The average Bonchev–Trinajstić information content (AvgIpc) is 2.61. The van der Waals surface area contributed by atoms with Gasteiger partial charge in [0.25, 0.3) is 0 Å². The Bertz CT molecular complexity index is 554. The van der Waals surface area contributed by atoms with Crippen molar-refractivity contribution in [1.82, 2.24) is 0 Å². The summed E-state index contributed by atoms with van der Waals surface area (Å²) in [5, 5.41) is 10.0. The quantitative estimate of drug-likeness (QED) is 0.898. The van der Waals surface area contributed by atoms with Crippen LogP contribution in [0.1, 0.15) is 37.3 Å². The molecule has 1 atom stereocenters. The molecule has 1 aromatic rings. The molecule has 0 saturated carbocycles. The molecule has 114 valence electrons. The van der Waals surface area contributed by atoms with Crippen molar-refractivity contribution in [2.24, 2.45) is 0 Å². The number of nitrogens with zero attached hydrogens (tertiary/aromatic N) is 1. The van der Waals surface area contributed by atoms with Crippen LogP contribution < -0.4 is 4.90 Å². The molecule has 1 N–H and O–H groups in total. The van der Waals surface area contributed by atoms with E-state index in [-0.39, 0.29) is 5.75 Å². The van der Waals surface area contributed by atoms with Crippen LogP contribution in [0.15, 0.2) is 29.3 Å². The molecule has 0 aromatic heterocycles. The Morgan fingerprint density at radius 1 is 1.38 bits per heavy atom. The predicted octanol–water partition coefficient (Wildman–Crippen LogP) is 4.34. The summed E-state index contributed by atoms with van der Waals surface area (Å²) in [4.78, 5) is 13.2. The lowest BCUT2D eigenvalue weighted by Gasteiger charge is -2.32. The van der Waals surface area contributed by atoms with Gasteiger partial charge in [0.2, 0.25) is 0 Å². The van der Waals surface area contributed by atoms with E-state index in [0.29, 0.717) is 6.04 Å². The molecule has 0 fully saturated rings. The van der Waals surface area contributed by atoms with E-state index in [1.165, 1.54) is 22.9 Å². The number of allylic oxidation sites excluding steroid dienone is 1. The Balaban J connectivity index is 2.32. The van der Waals surface area contributed by atoms with Gasteiger partial charge in [-0.3, -0.25) is 4.79 Å². The van der Waals surface area contributed by atoms with Crippen LogP contribution in [-0.4, -0.2) is 22.9 Å². The normalized spacial score (nSPS) is 19.1. The smallest absolute Gasteiger partial charge is 0.313 e. The molecule has 0 spiro atoms. The lowest BCUT2D eigenvalue weighted by Crippen LogP contribution is -2.30. The number of thioether (sulfide) groups is 1. The number of anilines is 1. The summed E-state index contributed by atoms with van der Waals surface area (Å²) in [6.07, 6.45) is 5.49. The largest absolute Gasteiger partial charge is 0.481 e. The minimum absolute atomic E-state index is 0.111. The Morgan fingerprint density at radius 2 is 2.14 bits per heavy atom. The van der Waals surface area contributed by atoms with E-state index in [0.717, 1.165) is 30.0 Å². The number of hydrogen-bond acceptors (Lipinski definition) is 3. The van der Waals surface area contributed by atoms with Crippen LogP contribution in [0.2, 0.25) is 0 Å². The molecule has 2 rings (SSSR count). The average molecular weight is 305 g/mol. The monoisotopic (exact) mass is 305 g/mol. The summed E-state index contributed by atoms with van der Waals surface area (Å²) in [5.41, 5.74) is 3.72. The van der Waals surface area contributed by atoms with E-state index >= 15 is 0 Å². The third kappa shape index (κ3) is 4.03. The first kappa shape index (κ1) is 16.0. The van der Waals surface area contributed by atoms with Gasteiger partial charge in [-0.05, 0) is 63.3 Å². The first-order valence-corrected chi connectivity index (χ1v) is 8.39. The van der Waals surface area contributed by atoms with Crippen LogP contribution in [0.4, 0.5) is 5.69 Å². The van der Waals surface area contributed by atoms with Crippen molar-refractivity contribution in [3.8, 4) is 0 Å². The van der Waals surface area contributed by atoms with E-state index in [4.69, 9.17) is 5.11 Å². The maximum absolute atomic E-state index is 10.9. The van der Waals surface area contributed by atoms with Gasteiger partial charge in [-0.2, -0.15) is 0 Å². The van der Waals surface area contributed by atoms with Crippen LogP contribution in [0.3, 0.4) is 0 Å². The van der Waals surface area contributed by atoms with Crippen LogP contribution >= 0.6 is 11.8 Å². The van der Waals surface area contributed by atoms with Crippen molar-refractivity contribution >= 4 is 23.4 Å². The second kappa shape index (κ2) is 7.03. The highest BCUT2D eigenvalue weighted by atomic mass is 32.2. The summed E-state index contributed by atoms with van der Waals surface area (Å²) in [7, 11) is 0. The summed E-state index contributed by atoms with van der Waals surface area (Å²) < 4.78 is 0. The topological polar surface area (TPSA) is 40.5 Å². The standard InChI is InChI=1S/C17H23NO2S/c1-12-8-9-15(10-13(12)2)18-14(3)6-4-5-7-16(18)21-11-17(19)20/h7-10,14H,4-6,11H2,1-3H3,(H,19,20). The van der Waals surface area contributed by atoms with Gasteiger partial charge < -0.3 is 10.0 Å². The fourth-order valence-electron chi connectivity index (χ4n) is 2.60. The van der Waals surface area contributed by atoms with E-state index in [2.05, 4.69) is 49.9 Å².